The van der Waals surface area contributed by atoms with Crippen molar-refractivity contribution in [2.75, 3.05) is 13.7 Å². The zero-order valence-electron chi connectivity index (χ0n) is 10.4. The first-order chi connectivity index (χ1) is 8.81. The maximum atomic E-state index is 5.43. The minimum atomic E-state index is 0.539. The van der Waals surface area contributed by atoms with Gasteiger partial charge in [0.1, 0.15) is 5.75 Å². The average Bonchev–Trinajstić information content (AvgIpc) is 2.85. The van der Waals surface area contributed by atoms with Gasteiger partial charge in [0.2, 0.25) is 5.89 Å². The Hall–Kier alpha value is -1.88. The van der Waals surface area contributed by atoms with E-state index in [9.17, 15) is 0 Å². The van der Waals surface area contributed by atoms with Gasteiger partial charge < -0.3 is 15.0 Å². The Balaban J connectivity index is 1.89. The molecule has 2 rings (SSSR count). The summed E-state index contributed by atoms with van der Waals surface area (Å²) in [5, 5.41) is 3.86. The molecular weight excluding hydrogens is 230 g/mol. The molecule has 1 aromatic carbocycles. The SMILES string of the molecule is COc1ccc(CCc2nc(CCN)no2)cc1. The molecule has 96 valence electrons. The maximum Gasteiger partial charge on any atom is 0.226 e. The fourth-order valence-corrected chi connectivity index (χ4v) is 1.67. The van der Waals surface area contributed by atoms with Gasteiger partial charge in [-0.2, -0.15) is 4.98 Å². The summed E-state index contributed by atoms with van der Waals surface area (Å²) in [6.45, 7) is 0.539. The first-order valence-electron chi connectivity index (χ1n) is 5.96. The minimum absolute atomic E-state index is 0.539. The van der Waals surface area contributed by atoms with Crippen molar-refractivity contribution in [2.45, 2.75) is 19.3 Å². The van der Waals surface area contributed by atoms with Gasteiger partial charge in [-0.15, -0.1) is 0 Å². The molecule has 1 heterocycles. The number of ether oxygens (including phenoxy) is 1. The van der Waals surface area contributed by atoms with Crippen LogP contribution in [0.2, 0.25) is 0 Å². The van der Waals surface area contributed by atoms with E-state index in [-0.39, 0.29) is 0 Å². The lowest BCUT2D eigenvalue weighted by molar-refractivity contribution is 0.373. The number of rotatable bonds is 6. The Morgan fingerprint density at radius 1 is 1.17 bits per heavy atom. The van der Waals surface area contributed by atoms with Crippen LogP contribution < -0.4 is 10.5 Å². The van der Waals surface area contributed by atoms with Crippen molar-refractivity contribution in [1.29, 1.82) is 0 Å². The van der Waals surface area contributed by atoms with Gasteiger partial charge in [-0.05, 0) is 30.7 Å². The smallest absolute Gasteiger partial charge is 0.226 e. The molecule has 1 aromatic heterocycles. The molecule has 0 saturated carbocycles. The van der Waals surface area contributed by atoms with Crippen LogP contribution in [0, 0.1) is 0 Å². The van der Waals surface area contributed by atoms with Crippen molar-refractivity contribution < 1.29 is 9.26 Å². The number of methoxy groups -OCH3 is 1. The maximum absolute atomic E-state index is 5.43. The van der Waals surface area contributed by atoms with Gasteiger partial charge >= 0.3 is 0 Å². The van der Waals surface area contributed by atoms with E-state index in [0.29, 0.717) is 24.7 Å². The molecule has 0 atom stereocenters. The van der Waals surface area contributed by atoms with Gasteiger partial charge in [0.15, 0.2) is 5.82 Å². The van der Waals surface area contributed by atoms with Crippen molar-refractivity contribution in [3.05, 3.63) is 41.5 Å². The fourth-order valence-electron chi connectivity index (χ4n) is 1.67. The summed E-state index contributed by atoms with van der Waals surface area (Å²) in [4.78, 5) is 4.27. The normalized spacial score (nSPS) is 10.6. The van der Waals surface area contributed by atoms with Crippen LogP contribution in [0.25, 0.3) is 0 Å². The van der Waals surface area contributed by atoms with Crippen molar-refractivity contribution in [3.63, 3.8) is 0 Å². The summed E-state index contributed by atoms with van der Waals surface area (Å²) in [5.41, 5.74) is 6.65. The van der Waals surface area contributed by atoms with E-state index in [1.807, 2.05) is 24.3 Å². The number of hydrogen-bond donors (Lipinski definition) is 1. The number of hydrogen-bond acceptors (Lipinski definition) is 5. The lowest BCUT2D eigenvalue weighted by atomic mass is 10.1. The largest absolute Gasteiger partial charge is 0.497 e. The predicted molar refractivity (Wildman–Crippen MR) is 67.5 cm³/mol. The first kappa shape index (κ1) is 12.6. The van der Waals surface area contributed by atoms with Crippen LogP contribution in [0.5, 0.6) is 5.75 Å². The van der Waals surface area contributed by atoms with E-state index < -0.39 is 0 Å². The van der Waals surface area contributed by atoms with Gasteiger partial charge in [0, 0.05) is 12.8 Å². The molecule has 0 aliphatic rings. The highest BCUT2D eigenvalue weighted by Crippen LogP contribution is 2.13. The van der Waals surface area contributed by atoms with Crippen LogP contribution in [0.4, 0.5) is 0 Å². The zero-order valence-corrected chi connectivity index (χ0v) is 10.4. The molecule has 0 fully saturated rings. The van der Waals surface area contributed by atoms with E-state index >= 15 is 0 Å². The second-order valence-corrected chi connectivity index (χ2v) is 3.99. The summed E-state index contributed by atoms with van der Waals surface area (Å²) >= 11 is 0. The predicted octanol–water partition coefficient (Wildman–Crippen LogP) is 1.36. The number of nitrogens with two attached hydrogens (primary N) is 1. The molecule has 2 N–H and O–H groups in total. The quantitative estimate of drug-likeness (QED) is 0.834. The molecule has 0 aliphatic carbocycles. The summed E-state index contributed by atoms with van der Waals surface area (Å²) < 4.78 is 10.3. The van der Waals surface area contributed by atoms with Crippen molar-refractivity contribution in [3.8, 4) is 5.75 Å². The molecule has 0 bridgehead atoms. The van der Waals surface area contributed by atoms with Crippen LogP contribution >= 0.6 is 0 Å². The number of nitrogens with zero attached hydrogens (tertiary/aromatic N) is 2. The third-order valence-electron chi connectivity index (χ3n) is 2.66. The van der Waals surface area contributed by atoms with E-state index in [4.69, 9.17) is 15.0 Å². The molecule has 0 radical (unpaired) electrons. The van der Waals surface area contributed by atoms with Gasteiger partial charge in [-0.3, -0.25) is 0 Å². The lowest BCUT2D eigenvalue weighted by Crippen LogP contribution is -2.04. The van der Waals surface area contributed by atoms with Gasteiger partial charge in [0.05, 0.1) is 7.11 Å². The molecule has 0 unspecified atom stereocenters. The van der Waals surface area contributed by atoms with Crippen molar-refractivity contribution in [2.24, 2.45) is 5.73 Å². The summed E-state index contributed by atoms with van der Waals surface area (Å²) in [7, 11) is 1.66. The average molecular weight is 247 g/mol. The molecule has 5 heteroatoms. The zero-order chi connectivity index (χ0) is 12.8. The van der Waals surface area contributed by atoms with Gasteiger partial charge in [-0.25, -0.2) is 0 Å². The molecule has 0 amide bonds. The van der Waals surface area contributed by atoms with Crippen LogP contribution in [0.1, 0.15) is 17.3 Å². The molecule has 18 heavy (non-hydrogen) atoms. The van der Waals surface area contributed by atoms with E-state index in [1.165, 1.54) is 5.56 Å². The molecule has 0 spiro atoms. The highest BCUT2D eigenvalue weighted by molar-refractivity contribution is 5.27. The first-order valence-corrected chi connectivity index (χ1v) is 5.96. The molecule has 0 saturated heterocycles. The lowest BCUT2D eigenvalue weighted by Gasteiger charge is -2.01. The molecular formula is C13H17N3O2. The summed E-state index contributed by atoms with van der Waals surface area (Å²) in [6.07, 6.45) is 2.27. The number of benzene rings is 1. The Bertz CT molecular complexity index is 479. The standard InChI is InChI=1S/C13H17N3O2/c1-17-11-5-2-10(3-6-11)4-7-13-15-12(8-9-14)16-18-13/h2-3,5-6H,4,7-9,14H2,1H3. The van der Waals surface area contributed by atoms with Crippen LogP contribution in [-0.2, 0) is 19.3 Å². The van der Waals surface area contributed by atoms with Crippen LogP contribution in [0.15, 0.2) is 28.8 Å². The van der Waals surface area contributed by atoms with Crippen molar-refractivity contribution in [1.82, 2.24) is 10.1 Å². The topological polar surface area (TPSA) is 74.2 Å². The van der Waals surface area contributed by atoms with E-state index in [1.54, 1.807) is 7.11 Å². The van der Waals surface area contributed by atoms with Gasteiger partial charge in [0.25, 0.3) is 0 Å². The van der Waals surface area contributed by atoms with E-state index in [2.05, 4.69) is 10.1 Å². The Morgan fingerprint density at radius 3 is 2.61 bits per heavy atom. The van der Waals surface area contributed by atoms with E-state index in [0.717, 1.165) is 18.6 Å². The Kier molecular flexibility index (Phi) is 4.30. The third kappa shape index (κ3) is 3.30. The summed E-state index contributed by atoms with van der Waals surface area (Å²) in [6, 6.07) is 7.97. The molecule has 0 aliphatic heterocycles. The van der Waals surface area contributed by atoms with Crippen LogP contribution in [0.3, 0.4) is 0 Å². The highest BCUT2D eigenvalue weighted by Gasteiger charge is 2.05. The molecule has 5 nitrogen and oxygen atoms in total. The van der Waals surface area contributed by atoms with Crippen LogP contribution in [-0.4, -0.2) is 23.8 Å². The Morgan fingerprint density at radius 2 is 1.94 bits per heavy atom. The third-order valence-corrected chi connectivity index (χ3v) is 2.66. The van der Waals surface area contributed by atoms with Gasteiger partial charge in [-0.1, -0.05) is 17.3 Å². The fraction of sp³-hybridized carbons (Fsp3) is 0.385. The second-order valence-electron chi connectivity index (χ2n) is 3.99. The van der Waals surface area contributed by atoms with Crippen molar-refractivity contribution >= 4 is 0 Å². The monoisotopic (exact) mass is 247 g/mol. The second kappa shape index (κ2) is 6.16. The minimum Gasteiger partial charge on any atom is -0.497 e. The Labute approximate surface area is 106 Å². The number of aromatic nitrogens is 2. The highest BCUT2D eigenvalue weighted by atomic mass is 16.5. The summed E-state index contributed by atoms with van der Waals surface area (Å²) in [5.74, 6) is 2.21. The molecule has 2 aromatic rings. The number of aryl methyl sites for hydroxylation is 2.